The van der Waals surface area contributed by atoms with Crippen molar-refractivity contribution in [3.63, 3.8) is 0 Å². The van der Waals surface area contributed by atoms with E-state index in [1.807, 2.05) is 41.0 Å². The molecule has 1 aliphatic rings. The SMILES string of the molecule is Cc1cc(Cl)cc2sc(N(CCCn3ccnc3)C(=O)C3CCCC3)nc12. The third-order valence-corrected chi connectivity index (χ3v) is 6.44. The molecule has 0 saturated heterocycles. The van der Waals surface area contributed by atoms with Crippen molar-refractivity contribution >= 4 is 44.2 Å². The number of aryl methyl sites for hydroxylation is 2. The Bertz CT molecular complexity index is 931. The lowest BCUT2D eigenvalue weighted by molar-refractivity contribution is -0.122. The van der Waals surface area contributed by atoms with E-state index >= 15 is 0 Å². The van der Waals surface area contributed by atoms with Crippen molar-refractivity contribution in [1.82, 2.24) is 14.5 Å². The van der Waals surface area contributed by atoms with Crippen molar-refractivity contribution in [2.24, 2.45) is 5.92 Å². The van der Waals surface area contributed by atoms with Crippen LogP contribution in [0.2, 0.25) is 5.02 Å². The summed E-state index contributed by atoms with van der Waals surface area (Å²) in [6.07, 6.45) is 10.7. The Balaban J connectivity index is 1.60. The predicted octanol–water partition coefficient (Wildman–Crippen LogP) is 5.07. The molecule has 7 heteroatoms. The largest absolute Gasteiger partial charge is 0.337 e. The van der Waals surface area contributed by atoms with Crippen LogP contribution in [-0.4, -0.2) is 27.0 Å². The number of halogens is 1. The molecule has 0 atom stereocenters. The molecule has 1 aliphatic carbocycles. The molecule has 0 N–H and O–H groups in total. The number of carbonyl (C=O) groups is 1. The minimum Gasteiger partial charge on any atom is -0.337 e. The molecule has 0 unspecified atom stereocenters. The standard InChI is InChI=1S/C20H23ClN4OS/c1-14-11-16(21)12-17-18(14)23-20(27-17)25(19(26)15-5-2-3-6-15)9-4-8-24-10-7-22-13-24/h7,10-13,15H,2-6,8-9H2,1H3. The van der Waals surface area contributed by atoms with Gasteiger partial charge in [-0.3, -0.25) is 9.69 Å². The maximum atomic E-state index is 13.2. The predicted molar refractivity (Wildman–Crippen MR) is 111 cm³/mol. The summed E-state index contributed by atoms with van der Waals surface area (Å²) in [5, 5.41) is 1.50. The number of aromatic nitrogens is 3. The first-order chi connectivity index (χ1) is 13.1. The number of carbonyl (C=O) groups excluding carboxylic acids is 1. The zero-order valence-corrected chi connectivity index (χ0v) is 17.0. The molecule has 5 nitrogen and oxygen atoms in total. The molecular formula is C20H23ClN4OS. The molecule has 2 heterocycles. The van der Waals surface area contributed by atoms with Crippen LogP contribution >= 0.6 is 22.9 Å². The molecule has 1 aromatic carbocycles. The average molecular weight is 403 g/mol. The van der Waals surface area contributed by atoms with Gasteiger partial charge < -0.3 is 4.57 Å². The van der Waals surface area contributed by atoms with Crippen molar-refractivity contribution in [2.75, 3.05) is 11.4 Å². The van der Waals surface area contributed by atoms with E-state index in [1.54, 1.807) is 17.5 Å². The second-order valence-corrected chi connectivity index (χ2v) is 8.64. The quantitative estimate of drug-likeness (QED) is 0.578. The van der Waals surface area contributed by atoms with Gasteiger partial charge in [0.15, 0.2) is 5.13 Å². The molecule has 1 saturated carbocycles. The highest BCUT2D eigenvalue weighted by Crippen LogP contribution is 2.35. The average Bonchev–Trinajstić information content (AvgIpc) is 3.38. The lowest BCUT2D eigenvalue weighted by Gasteiger charge is -2.23. The number of fused-ring (bicyclic) bond motifs is 1. The summed E-state index contributed by atoms with van der Waals surface area (Å²) in [5.74, 6) is 0.357. The number of thiazole rings is 1. The first-order valence-electron chi connectivity index (χ1n) is 9.45. The van der Waals surface area contributed by atoms with E-state index in [4.69, 9.17) is 16.6 Å². The summed E-state index contributed by atoms with van der Waals surface area (Å²) in [6, 6.07) is 3.87. The van der Waals surface area contributed by atoms with Gasteiger partial charge in [-0.15, -0.1) is 0 Å². The van der Waals surface area contributed by atoms with Gasteiger partial charge in [-0.05, 0) is 43.9 Å². The van der Waals surface area contributed by atoms with Gasteiger partial charge in [0.2, 0.25) is 5.91 Å². The molecule has 3 aromatic rings. The van der Waals surface area contributed by atoms with Crippen LogP contribution in [0.4, 0.5) is 5.13 Å². The Labute approximate surface area is 168 Å². The highest BCUT2D eigenvalue weighted by atomic mass is 35.5. The van der Waals surface area contributed by atoms with Gasteiger partial charge >= 0.3 is 0 Å². The Kier molecular flexibility index (Phi) is 5.45. The van der Waals surface area contributed by atoms with Gasteiger partial charge in [0.1, 0.15) is 0 Å². The van der Waals surface area contributed by atoms with Crippen LogP contribution in [0.25, 0.3) is 10.2 Å². The van der Waals surface area contributed by atoms with E-state index in [1.165, 1.54) is 0 Å². The molecule has 1 fully saturated rings. The second kappa shape index (κ2) is 7.98. The zero-order chi connectivity index (χ0) is 18.8. The number of anilines is 1. The highest BCUT2D eigenvalue weighted by Gasteiger charge is 2.29. The summed E-state index contributed by atoms with van der Waals surface area (Å²) >= 11 is 7.77. The van der Waals surface area contributed by atoms with E-state index in [-0.39, 0.29) is 11.8 Å². The van der Waals surface area contributed by atoms with Gasteiger partial charge in [-0.2, -0.15) is 0 Å². The minimum atomic E-state index is 0.134. The molecule has 4 rings (SSSR count). The topological polar surface area (TPSA) is 51.0 Å². The zero-order valence-electron chi connectivity index (χ0n) is 15.4. The summed E-state index contributed by atoms with van der Waals surface area (Å²) in [4.78, 5) is 24.0. The van der Waals surface area contributed by atoms with Crippen LogP contribution in [0.3, 0.4) is 0 Å². The number of amides is 1. The maximum absolute atomic E-state index is 13.2. The molecular weight excluding hydrogens is 380 g/mol. The van der Waals surface area contributed by atoms with E-state index in [0.29, 0.717) is 11.6 Å². The monoisotopic (exact) mass is 402 g/mol. The van der Waals surface area contributed by atoms with Crippen LogP contribution in [0.15, 0.2) is 30.9 Å². The smallest absolute Gasteiger partial charge is 0.231 e. The number of benzene rings is 1. The van der Waals surface area contributed by atoms with Gasteiger partial charge in [0.25, 0.3) is 0 Å². The maximum Gasteiger partial charge on any atom is 0.231 e. The summed E-state index contributed by atoms with van der Waals surface area (Å²) in [6.45, 7) is 3.52. The number of imidazole rings is 1. The molecule has 142 valence electrons. The van der Waals surface area contributed by atoms with Crippen LogP contribution in [0.5, 0.6) is 0 Å². The summed E-state index contributed by atoms with van der Waals surface area (Å²) in [7, 11) is 0. The number of nitrogens with zero attached hydrogens (tertiary/aromatic N) is 4. The van der Waals surface area contributed by atoms with Crippen molar-refractivity contribution < 1.29 is 4.79 Å². The van der Waals surface area contributed by atoms with Crippen LogP contribution in [0, 0.1) is 12.8 Å². The van der Waals surface area contributed by atoms with E-state index < -0.39 is 0 Å². The molecule has 0 spiro atoms. The first-order valence-corrected chi connectivity index (χ1v) is 10.6. The third-order valence-electron chi connectivity index (χ3n) is 5.20. The van der Waals surface area contributed by atoms with Crippen molar-refractivity contribution in [3.05, 3.63) is 41.4 Å². The van der Waals surface area contributed by atoms with E-state index in [9.17, 15) is 4.79 Å². The second-order valence-electron chi connectivity index (χ2n) is 7.19. The van der Waals surface area contributed by atoms with Gasteiger partial charge in [0.05, 0.1) is 16.5 Å². The van der Waals surface area contributed by atoms with Crippen molar-refractivity contribution in [1.29, 1.82) is 0 Å². The fourth-order valence-electron chi connectivity index (χ4n) is 3.78. The van der Waals surface area contributed by atoms with E-state index in [2.05, 4.69) is 4.98 Å². The Morgan fingerprint density at radius 1 is 1.37 bits per heavy atom. The van der Waals surface area contributed by atoms with Gasteiger partial charge in [-0.25, -0.2) is 9.97 Å². The van der Waals surface area contributed by atoms with Gasteiger partial charge in [-0.1, -0.05) is 35.8 Å². The number of rotatable bonds is 6. The molecule has 0 bridgehead atoms. The van der Waals surface area contributed by atoms with E-state index in [0.717, 1.165) is 59.6 Å². The fraction of sp³-hybridized carbons (Fsp3) is 0.450. The third kappa shape index (κ3) is 4.01. The van der Waals surface area contributed by atoms with Crippen LogP contribution in [0.1, 0.15) is 37.7 Å². The summed E-state index contributed by atoms with van der Waals surface area (Å²) < 4.78 is 3.08. The molecule has 0 radical (unpaired) electrons. The Morgan fingerprint density at radius 2 is 2.19 bits per heavy atom. The van der Waals surface area contributed by atoms with Gasteiger partial charge in [0, 0.05) is 36.4 Å². The first kappa shape index (κ1) is 18.4. The molecule has 27 heavy (non-hydrogen) atoms. The van der Waals surface area contributed by atoms with Crippen molar-refractivity contribution in [2.45, 2.75) is 45.6 Å². The minimum absolute atomic E-state index is 0.134. The fourth-order valence-corrected chi connectivity index (χ4v) is 5.23. The molecule has 0 aliphatic heterocycles. The number of hydrogen-bond donors (Lipinski definition) is 0. The number of hydrogen-bond acceptors (Lipinski definition) is 4. The highest BCUT2D eigenvalue weighted by molar-refractivity contribution is 7.22. The molecule has 1 amide bonds. The Morgan fingerprint density at radius 3 is 2.93 bits per heavy atom. The lowest BCUT2D eigenvalue weighted by Crippen LogP contribution is -2.36. The summed E-state index contributed by atoms with van der Waals surface area (Å²) in [5.41, 5.74) is 1.99. The lowest BCUT2D eigenvalue weighted by atomic mass is 10.1. The van der Waals surface area contributed by atoms with Crippen LogP contribution < -0.4 is 4.90 Å². The Hall–Kier alpha value is -1.92. The van der Waals surface area contributed by atoms with Crippen LogP contribution in [-0.2, 0) is 11.3 Å². The van der Waals surface area contributed by atoms with Crippen molar-refractivity contribution in [3.8, 4) is 0 Å². The normalized spacial score (nSPS) is 14.9. The molecule has 2 aromatic heterocycles.